The number of aromatic nitrogens is 1. The van der Waals surface area contributed by atoms with Gasteiger partial charge in [-0.15, -0.1) is 24.0 Å². The van der Waals surface area contributed by atoms with Crippen LogP contribution in [0.25, 0.3) is 11.5 Å². The van der Waals surface area contributed by atoms with Crippen molar-refractivity contribution in [1.82, 2.24) is 20.5 Å². The molecule has 0 bridgehead atoms. The first-order valence-corrected chi connectivity index (χ1v) is 8.84. The number of halogens is 1. The lowest BCUT2D eigenvalue weighted by Crippen LogP contribution is -2.40. The number of ether oxygens (including phenoxy) is 1. The number of guanidine groups is 1. The van der Waals surface area contributed by atoms with Gasteiger partial charge in [-0.25, -0.2) is 4.98 Å². The van der Waals surface area contributed by atoms with Gasteiger partial charge in [0.15, 0.2) is 5.96 Å². The summed E-state index contributed by atoms with van der Waals surface area (Å²) >= 11 is 0. The van der Waals surface area contributed by atoms with Gasteiger partial charge in [0.25, 0.3) is 0 Å². The van der Waals surface area contributed by atoms with E-state index in [-0.39, 0.29) is 24.0 Å². The van der Waals surface area contributed by atoms with Crippen LogP contribution in [0.2, 0.25) is 0 Å². The summed E-state index contributed by atoms with van der Waals surface area (Å²) in [5.41, 5.74) is 1.81. The van der Waals surface area contributed by atoms with Crippen molar-refractivity contribution in [2.45, 2.75) is 13.0 Å². The summed E-state index contributed by atoms with van der Waals surface area (Å²) in [4.78, 5) is 11.0. The molecular weight excluding hydrogens is 457 g/mol. The van der Waals surface area contributed by atoms with E-state index in [4.69, 9.17) is 9.15 Å². The summed E-state index contributed by atoms with van der Waals surface area (Å²) in [5.74, 6) is 1.38. The van der Waals surface area contributed by atoms with Crippen molar-refractivity contribution in [3.05, 3.63) is 42.3 Å². The van der Waals surface area contributed by atoms with Gasteiger partial charge in [0.05, 0.1) is 12.2 Å². The summed E-state index contributed by atoms with van der Waals surface area (Å²) in [7, 11) is 5.60. The molecule has 0 amide bonds. The number of hydrogen-bond acceptors (Lipinski definition) is 5. The van der Waals surface area contributed by atoms with Crippen molar-refractivity contribution in [2.75, 3.05) is 47.4 Å². The van der Waals surface area contributed by atoms with Gasteiger partial charge in [0.1, 0.15) is 6.26 Å². The third-order valence-electron chi connectivity index (χ3n) is 3.91. The van der Waals surface area contributed by atoms with E-state index in [0.717, 1.165) is 49.9 Å². The topological polar surface area (TPSA) is 74.9 Å². The molecule has 150 valence electrons. The Morgan fingerprint density at radius 1 is 1.22 bits per heavy atom. The third kappa shape index (κ3) is 8.72. The highest BCUT2D eigenvalue weighted by Crippen LogP contribution is 2.17. The molecule has 0 fully saturated rings. The van der Waals surface area contributed by atoms with E-state index in [1.54, 1.807) is 20.4 Å². The molecule has 2 rings (SSSR count). The molecule has 2 N–H and O–H groups in total. The highest BCUT2D eigenvalue weighted by molar-refractivity contribution is 14.0. The van der Waals surface area contributed by atoms with Crippen LogP contribution < -0.4 is 10.6 Å². The molecule has 0 aliphatic rings. The molecule has 0 saturated carbocycles. The first-order valence-electron chi connectivity index (χ1n) is 8.84. The molecule has 0 unspecified atom stereocenters. The van der Waals surface area contributed by atoms with Crippen LogP contribution in [-0.4, -0.2) is 63.3 Å². The van der Waals surface area contributed by atoms with Crippen molar-refractivity contribution in [2.24, 2.45) is 4.99 Å². The maximum Gasteiger partial charge on any atom is 0.226 e. The molecule has 0 atom stereocenters. The number of benzene rings is 1. The molecule has 0 spiro atoms. The lowest BCUT2D eigenvalue weighted by Gasteiger charge is -2.17. The zero-order chi connectivity index (χ0) is 18.6. The minimum Gasteiger partial charge on any atom is -0.444 e. The molecule has 0 radical (unpaired) electrons. The maximum atomic E-state index is 5.55. The Morgan fingerprint density at radius 2 is 2.00 bits per heavy atom. The smallest absolute Gasteiger partial charge is 0.226 e. The molecule has 0 aliphatic heterocycles. The summed E-state index contributed by atoms with van der Waals surface area (Å²) in [6, 6.07) is 9.87. The molecule has 1 aromatic carbocycles. The number of likely N-dealkylation sites (N-methyl/N-ethyl adjacent to an activating group) is 1. The fourth-order valence-corrected chi connectivity index (χ4v) is 2.45. The van der Waals surface area contributed by atoms with Gasteiger partial charge in [0.2, 0.25) is 5.89 Å². The number of oxazole rings is 1. The minimum absolute atomic E-state index is 0. The standard InChI is InChI=1S/C19H29N5O2.HI/c1-20-19(21-10-12-24(2)11-7-13-25-3)22-14-17-15-26-18(23-17)16-8-5-4-6-9-16;/h4-6,8-9,15H,7,10-14H2,1-3H3,(H2,20,21,22);1H. The molecule has 0 saturated heterocycles. The largest absolute Gasteiger partial charge is 0.444 e. The second-order valence-electron chi connectivity index (χ2n) is 6.01. The van der Waals surface area contributed by atoms with E-state index in [1.807, 2.05) is 30.3 Å². The molecule has 7 nitrogen and oxygen atoms in total. The van der Waals surface area contributed by atoms with E-state index < -0.39 is 0 Å². The number of methoxy groups -OCH3 is 1. The molecular formula is C19H30IN5O2. The maximum absolute atomic E-state index is 5.55. The average molecular weight is 487 g/mol. The molecule has 2 aromatic rings. The van der Waals surface area contributed by atoms with E-state index >= 15 is 0 Å². The van der Waals surface area contributed by atoms with Gasteiger partial charge in [-0.1, -0.05) is 18.2 Å². The van der Waals surface area contributed by atoms with Crippen molar-refractivity contribution < 1.29 is 9.15 Å². The molecule has 27 heavy (non-hydrogen) atoms. The van der Waals surface area contributed by atoms with Crippen LogP contribution in [0, 0.1) is 0 Å². The fourth-order valence-electron chi connectivity index (χ4n) is 2.45. The van der Waals surface area contributed by atoms with E-state index in [2.05, 4.69) is 32.6 Å². The normalized spacial score (nSPS) is 11.3. The van der Waals surface area contributed by atoms with Gasteiger partial charge >= 0.3 is 0 Å². The quantitative estimate of drug-likeness (QED) is 0.232. The summed E-state index contributed by atoms with van der Waals surface area (Å²) < 4.78 is 10.6. The Kier molecular flexibility index (Phi) is 11.7. The third-order valence-corrected chi connectivity index (χ3v) is 3.91. The van der Waals surface area contributed by atoms with Crippen LogP contribution in [0.1, 0.15) is 12.1 Å². The molecule has 0 aliphatic carbocycles. The number of rotatable bonds is 10. The average Bonchev–Trinajstić information content (AvgIpc) is 3.14. The lowest BCUT2D eigenvalue weighted by atomic mass is 10.2. The van der Waals surface area contributed by atoms with Crippen LogP contribution in [0.4, 0.5) is 0 Å². The van der Waals surface area contributed by atoms with Crippen LogP contribution in [0.15, 0.2) is 46.0 Å². The zero-order valence-corrected chi connectivity index (χ0v) is 18.6. The van der Waals surface area contributed by atoms with Gasteiger partial charge < -0.3 is 24.7 Å². The first kappa shape index (κ1) is 23.4. The second-order valence-corrected chi connectivity index (χ2v) is 6.01. The number of nitrogens with zero attached hydrogens (tertiary/aromatic N) is 3. The monoisotopic (exact) mass is 487 g/mol. The van der Waals surface area contributed by atoms with E-state index in [0.29, 0.717) is 12.4 Å². The lowest BCUT2D eigenvalue weighted by molar-refractivity contribution is 0.180. The first-order chi connectivity index (χ1) is 12.7. The predicted octanol–water partition coefficient (Wildman–Crippen LogP) is 2.59. The van der Waals surface area contributed by atoms with Crippen LogP contribution >= 0.6 is 24.0 Å². The summed E-state index contributed by atoms with van der Waals surface area (Å²) in [6.45, 7) is 4.12. The Labute approximate surface area is 178 Å². The van der Waals surface area contributed by atoms with Crippen LogP contribution in [0.5, 0.6) is 0 Å². The minimum atomic E-state index is 0. The Bertz CT molecular complexity index is 663. The Balaban J connectivity index is 0.00000364. The van der Waals surface area contributed by atoms with Gasteiger partial charge in [-0.2, -0.15) is 0 Å². The number of nitrogens with one attached hydrogen (secondary N) is 2. The number of aliphatic imine (C=N–C) groups is 1. The van der Waals surface area contributed by atoms with Gasteiger partial charge in [-0.3, -0.25) is 4.99 Å². The van der Waals surface area contributed by atoms with Crippen LogP contribution in [-0.2, 0) is 11.3 Å². The number of hydrogen-bond donors (Lipinski definition) is 2. The Morgan fingerprint density at radius 3 is 2.70 bits per heavy atom. The Hall–Kier alpha value is -1.65. The molecule has 1 heterocycles. The highest BCUT2D eigenvalue weighted by Gasteiger charge is 2.07. The predicted molar refractivity (Wildman–Crippen MR) is 120 cm³/mol. The summed E-state index contributed by atoms with van der Waals surface area (Å²) in [6.07, 6.45) is 2.71. The SMILES string of the molecule is CN=C(NCCN(C)CCCOC)NCc1coc(-c2ccccc2)n1.I. The van der Waals surface area contributed by atoms with Crippen molar-refractivity contribution >= 4 is 29.9 Å². The highest BCUT2D eigenvalue weighted by atomic mass is 127. The van der Waals surface area contributed by atoms with Crippen LogP contribution in [0.3, 0.4) is 0 Å². The molecule has 1 aromatic heterocycles. The van der Waals surface area contributed by atoms with Crippen molar-refractivity contribution in [1.29, 1.82) is 0 Å². The summed E-state index contributed by atoms with van der Waals surface area (Å²) in [5, 5.41) is 6.56. The van der Waals surface area contributed by atoms with Crippen molar-refractivity contribution in [3.63, 3.8) is 0 Å². The second kappa shape index (κ2) is 13.5. The van der Waals surface area contributed by atoms with Gasteiger partial charge in [-0.05, 0) is 25.6 Å². The van der Waals surface area contributed by atoms with E-state index in [1.165, 1.54) is 0 Å². The van der Waals surface area contributed by atoms with Gasteiger partial charge in [0, 0.05) is 46.0 Å². The fraction of sp³-hybridized carbons (Fsp3) is 0.474. The van der Waals surface area contributed by atoms with E-state index in [9.17, 15) is 0 Å². The van der Waals surface area contributed by atoms with Crippen molar-refractivity contribution in [3.8, 4) is 11.5 Å². The molecule has 8 heteroatoms. The zero-order valence-electron chi connectivity index (χ0n) is 16.3.